The highest BCUT2D eigenvalue weighted by Gasteiger charge is 2.27. The second kappa shape index (κ2) is 5.88. The van der Waals surface area contributed by atoms with Crippen LogP contribution >= 0.6 is 0 Å². The minimum Gasteiger partial charge on any atom is -0.369 e. The van der Waals surface area contributed by atoms with E-state index in [-0.39, 0.29) is 23.4 Å². The Bertz CT molecular complexity index is 747. The number of para-hydroxylation sites is 1. The Kier molecular flexibility index (Phi) is 3.94. The van der Waals surface area contributed by atoms with Crippen LogP contribution in [0.1, 0.15) is 31.6 Å². The minimum absolute atomic E-state index is 0.00568. The average molecular weight is 300 g/mol. The van der Waals surface area contributed by atoms with Crippen molar-refractivity contribution in [2.75, 3.05) is 13.1 Å². The van der Waals surface area contributed by atoms with E-state index in [1.165, 1.54) is 0 Å². The Balaban J connectivity index is 1.82. The highest BCUT2D eigenvalue weighted by atomic mass is 16.1. The Hall–Kier alpha value is -2.21. The van der Waals surface area contributed by atoms with Crippen molar-refractivity contribution >= 4 is 16.8 Å². The van der Waals surface area contributed by atoms with Gasteiger partial charge in [-0.05, 0) is 45.0 Å². The van der Waals surface area contributed by atoms with Crippen molar-refractivity contribution in [2.24, 2.45) is 11.7 Å². The SMILES string of the molecule is C[C@@H](c1nc2ccccc2c(=O)[nH]1)N1CCC(C(N)=O)CC1. The van der Waals surface area contributed by atoms with E-state index in [2.05, 4.69) is 14.9 Å². The third kappa shape index (κ3) is 2.74. The van der Waals surface area contributed by atoms with Gasteiger partial charge in [0.15, 0.2) is 0 Å². The van der Waals surface area contributed by atoms with E-state index < -0.39 is 0 Å². The van der Waals surface area contributed by atoms with E-state index in [1.807, 2.05) is 25.1 Å². The molecule has 22 heavy (non-hydrogen) atoms. The summed E-state index contributed by atoms with van der Waals surface area (Å²) < 4.78 is 0. The number of benzene rings is 1. The normalized spacial score (nSPS) is 18.4. The lowest BCUT2D eigenvalue weighted by molar-refractivity contribution is -0.123. The van der Waals surface area contributed by atoms with E-state index in [0.29, 0.717) is 16.7 Å². The standard InChI is InChI=1S/C16H20N4O2/c1-10(20-8-6-11(7-9-20)14(17)21)15-18-13-5-3-2-4-12(13)16(22)19-15/h2-5,10-11H,6-9H2,1H3,(H2,17,21)(H,18,19,22)/t10-/m0/s1. The number of H-pyrrole nitrogens is 1. The molecule has 3 rings (SSSR count). The highest BCUT2D eigenvalue weighted by Crippen LogP contribution is 2.24. The first-order chi connectivity index (χ1) is 10.6. The number of fused-ring (bicyclic) bond motifs is 1. The zero-order valence-electron chi connectivity index (χ0n) is 12.6. The fraction of sp³-hybridized carbons (Fsp3) is 0.438. The van der Waals surface area contributed by atoms with Crippen LogP contribution in [0, 0.1) is 5.92 Å². The molecule has 6 nitrogen and oxygen atoms in total. The van der Waals surface area contributed by atoms with Gasteiger partial charge in [0, 0.05) is 5.92 Å². The van der Waals surface area contributed by atoms with Gasteiger partial charge in [-0.25, -0.2) is 4.98 Å². The molecule has 0 spiro atoms. The van der Waals surface area contributed by atoms with Crippen molar-refractivity contribution in [3.63, 3.8) is 0 Å². The second-order valence-corrected chi connectivity index (χ2v) is 5.86. The van der Waals surface area contributed by atoms with E-state index >= 15 is 0 Å². The first-order valence-corrected chi connectivity index (χ1v) is 7.58. The topological polar surface area (TPSA) is 92.1 Å². The molecule has 6 heteroatoms. The molecule has 2 aromatic rings. The van der Waals surface area contributed by atoms with Gasteiger partial charge in [-0.1, -0.05) is 12.1 Å². The van der Waals surface area contributed by atoms with Crippen molar-refractivity contribution in [3.05, 3.63) is 40.4 Å². The van der Waals surface area contributed by atoms with Crippen LogP contribution in [-0.4, -0.2) is 33.9 Å². The van der Waals surface area contributed by atoms with Gasteiger partial charge in [-0.3, -0.25) is 14.5 Å². The Morgan fingerprint density at radius 3 is 2.73 bits per heavy atom. The summed E-state index contributed by atoms with van der Waals surface area (Å²) in [5.41, 5.74) is 5.96. The van der Waals surface area contributed by atoms with Crippen molar-refractivity contribution in [1.29, 1.82) is 0 Å². The van der Waals surface area contributed by atoms with Crippen LogP contribution in [0.4, 0.5) is 0 Å². The van der Waals surface area contributed by atoms with Crippen LogP contribution in [-0.2, 0) is 4.79 Å². The smallest absolute Gasteiger partial charge is 0.258 e. The molecule has 0 aliphatic carbocycles. The van der Waals surface area contributed by atoms with Crippen molar-refractivity contribution in [2.45, 2.75) is 25.8 Å². The second-order valence-electron chi connectivity index (χ2n) is 5.86. The average Bonchev–Trinajstić information content (AvgIpc) is 2.54. The number of hydrogen-bond donors (Lipinski definition) is 2. The molecular weight excluding hydrogens is 280 g/mol. The van der Waals surface area contributed by atoms with Crippen molar-refractivity contribution in [1.82, 2.24) is 14.9 Å². The van der Waals surface area contributed by atoms with Gasteiger partial charge in [-0.2, -0.15) is 0 Å². The van der Waals surface area contributed by atoms with Crippen LogP contribution in [0.25, 0.3) is 10.9 Å². The summed E-state index contributed by atoms with van der Waals surface area (Å²) in [5.74, 6) is 0.415. The van der Waals surface area contributed by atoms with E-state index in [0.717, 1.165) is 25.9 Å². The fourth-order valence-electron chi connectivity index (χ4n) is 3.05. The first-order valence-electron chi connectivity index (χ1n) is 7.58. The molecule has 1 aliphatic rings. The van der Waals surface area contributed by atoms with Gasteiger partial charge in [-0.15, -0.1) is 0 Å². The molecule has 0 saturated carbocycles. The molecule has 2 heterocycles. The molecular formula is C16H20N4O2. The molecule has 1 amide bonds. The predicted octanol–water partition coefficient (Wildman–Crippen LogP) is 1.18. The number of amides is 1. The number of nitrogens with two attached hydrogens (primary N) is 1. The number of rotatable bonds is 3. The van der Waals surface area contributed by atoms with Crippen LogP contribution in [0.15, 0.2) is 29.1 Å². The summed E-state index contributed by atoms with van der Waals surface area (Å²) in [6, 6.07) is 7.33. The van der Waals surface area contributed by atoms with Gasteiger partial charge in [0.25, 0.3) is 5.56 Å². The molecule has 1 aromatic heterocycles. The number of aromatic nitrogens is 2. The number of aromatic amines is 1. The van der Waals surface area contributed by atoms with Gasteiger partial charge in [0.2, 0.25) is 5.91 Å². The number of carbonyl (C=O) groups excluding carboxylic acids is 1. The monoisotopic (exact) mass is 300 g/mol. The summed E-state index contributed by atoms with van der Waals surface area (Å²) >= 11 is 0. The molecule has 1 aliphatic heterocycles. The Labute approximate surface area is 128 Å². The van der Waals surface area contributed by atoms with Crippen LogP contribution in [0.3, 0.4) is 0 Å². The van der Waals surface area contributed by atoms with Gasteiger partial charge < -0.3 is 10.7 Å². The fourth-order valence-corrected chi connectivity index (χ4v) is 3.05. The number of piperidine rings is 1. The molecule has 3 N–H and O–H groups in total. The van der Waals surface area contributed by atoms with Gasteiger partial charge >= 0.3 is 0 Å². The Morgan fingerprint density at radius 2 is 2.05 bits per heavy atom. The molecule has 1 aromatic carbocycles. The maximum atomic E-state index is 12.2. The van der Waals surface area contributed by atoms with Crippen LogP contribution < -0.4 is 11.3 Å². The van der Waals surface area contributed by atoms with E-state index in [9.17, 15) is 9.59 Å². The summed E-state index contributed by atoms with van der Waals surface area (Å²) in [6.45, 7) is 3.59. The summed E-state index contributed by atoms with van der Waals surface area (Å²) in [4.78, 5) is 33.1. The van der Waals surface area contributed by atoms with Gasteiger partial charge in [0.05, 0.1) is 16.9 Å². The maximum Gasteiger partial charge on any atom is 0.258 e. The highest BCUT2D eigenvalue weighted by molar-refractivity contribution is 5.77. The number of primary amides is 1. The van der Waals surface area contributed by atoms with E-state index in [1.54, 1.807) is 6.07 Å². The predicted molar refractivity (Wildman–Crippen MR) is 84.3 cm³/mol. The van der Waals surface area contributed by atoms with Crippen molar-refractivity contribution < 1.29 is 4.79 Å². The lowest BCUT2D eigenvalue weighted by Gasteiger charge is -2.34. The first kappa shape index (κ1) is 14.7. The molecule has 0 unspecified atom stereocenters. The Morgan fingerprint density at radius 1 is 1.36 bits per heavy atom. The van der Waals surface area contributed by atoms with Crippen LogP contribution in [0.5, 0.6) is 0 Å². The number of nitrogens with one attached hydrogen (secondary N) is 1. The van der Waals surface area contributed by atoms with Crippen LogP contribution in [0.2, 0.25) is 0 Å². The third-order valence-electron chi connectivity index (χ3n) is 4.51. The number of hydrogen-bond acceptors (Lipinski definition) is 4. The molecule has 0 radical (unpaired) electrons. The lowest BCUT2D eigenvalue weighted by Crippen LogP contribution is -2.40. The third-order valence-corrected chi connectivity index (χ3v) is 4.51. The number of carbonyl (C=O) groups is 1. The van der Waals surface area contributed by atoms with Gasteiger partial charge in [0.1, 0.15) is 5.82 Å². The largest absolute Gasteiger partial charge is 0.369 e. The quantitative estimate of drug-likeness (QED) is 0.890. The molecule has 1 atom stereocenters. The lowest BCUT2D eigenvalue weighted by atomic mass is 9.95. The molecule has 0 bridgehead atoms. The molecule has 1 fully saturated rings. The number of nitrogens with zero attached hydrogens (tertiary/aromatic N) is 2. The zero-order valence-corrected chi connectivity index (χ0v) is 12.6. The summed E-state index contributed by atoms with van der Waals surface area (Å²) in [6.07, 6.45) is 1.52. The summed E-state index contributed by atoms with van der Waals surface area (Å²) in [5, 5.41) is 0.603. The van der Waals surface area contributed by atoms with E-state index in [4.69, 9.17) is 5.73 Å². The van der Waals surface area contributed by atoms with Crippen molar-refractivity contribution in [3.8, 4) is 0 Å². The number of likely N-dealkylation sites (tertiary alicyclic amines) is 1. The molecule has 1 saturated heterocycles. The molecule has 116 valence electrons. The zero-order chi connectivity index (χ0) is 15.7. The summed E-state index contributed by atoms with van der Waals surface area (Å²) in [7, 11) is 0. The minimum atomic E-state index is -0.218. The maximum absolute atomic E-state index is 12.2.